The van der Waals surface area contributed by atoms with Crippen LogP contribution >= 0.6 is 27.3 Å². The highest BCUT2D eigenvalue weighted by Gasteiger charge is 2.35. The van der Waals surface area contributed by atoms with E-state index < -0.39 is 5.54 Å². The zero-order chi connectivity index (χ0) is 13.2. The standard InChI is InChI=1S/C12H14BrN3OS/c1-16-6-4-12(8-14,5-7-16)15-11(17)9-2-3-10(13)18-9/h2-3H,4-7H2,1H3,(H,15,17). The molecule has 0 aromatic carbocycles. The Labute approximate surface area is 119 Å². The van der Waals surface area contributed by atoms with Crippen molar-refractivity contribution in [1.82, 2.24) is 10.2 Å². The number of hydrogen-bond donors (Lipinski definition) is 1. The average molecular weight is 328 g/mol. The van der Waals surface area contributed by atoms with E-state index in [-0.39, 0.29) is 5.91 Å². The molecule has 1 aromatic rings. The first kappa shape index (κ1) is 13.5. The van der Waals surface area contributed by atoms with Crippen molar-refractivity contribution in [3.05, 3.63) is 20.8 Å². The van der Waals surface area contributed by atoms with Crippen LogP contribution in [0.15, 0.2) is 15.9 Å². The second-order valence-electron chi connectivity index (χ2n) is 4.56. The summed E-state index contributed by atoms with van der Waals surface area (Å²) in [5, 5.41) is 12.2. The van der Waals surface area contributed by atoms with Gasteiger partial charge in [0.1, 0.15) is 5.54 Å². The molecule has 2 heterocycles. The number of rotatable bonds is 2. The predicted molar refractivity (Wildman–Crippen MR) is 74.6 cm³/mol. The zero-order valence-corrected chi connectivity index (χ0v) is 12.5. The molecule has 1 saturated heterocycles. The fourth-order valence-electron chi connectivity index (χ4n) is 1.98. The van der Waals surface area contributed by atoms with Crippen LogP contribution in [0.2, 0.25) is 0 Å². The van der Waals surface area contributed by atoms with E-state index in [0.717, 1.165) is 16.9 Å². The van der Waals surface area contributed by atoms with Gasteiger partial charge in [-0.3, -0.25) is 4.79 Å². The summed E-state index contributed by atoms with van der Waals surface area (Å²) in [5.41, 5.74) is -0.708. The predicted octanol–water partition coefficient (Wildman–Crippen LogP) is 2.23. The molecule has 0 spiro atoms. The van der Waals surface area contributed by atoms with Crippen LogP contribution in [0.3, 0.4) is 0 Å². The number of carbonyl (C=O) groups excluding carboxylic acids is 1. The molecule has 1 aliphatic rings. The number of amides is 1. The van der Waals surface area contributed by atoms with Gasteiger partial charge in [-0.05, 0) is 48.0 Å². The lowest BCUT2D eigenvalue weighted by molar-refractivity contribution is 0.0886. The van der Waals surface area contributed by atoms with Crippen molar-refractivity contribution in [1.29, 1.82) is 5.26 Å². The smallest absolute Gasteiger partial charge is 0.262 e. The number of nitrogens with one attached hydrogen (secondary N) is 1. The minimum Gasteiger partial charge on any atom is -0.333 e. The molecule has 18 heavy (non-hydrogen) atoms. The maximum absolute atomic E-state index is 12.1. The molecule has 0 aliphatic carbocycles. The molecule has 0 saturated carbocycles. The Kier molecular flexibility index (Phi) is 4.05. The van der Waals surface area contributed by atoms with E-state index >= 15 is 0 Å². The topological polar surface area (TPSA) is 56.1 Å². The summed E-state index contributed by atoms with van der Waals surface area (Å²) in [6.07, 6.45) is 1.36. The van der Waals surface area contributed by atoms with Gasteiger partial charge in [0, 0.05) is 13.1 Å². The van der Waals surface area contributed by atoms with Crippen molar-refractivity contribution < 1.29 is 4.79 Å². The molecule has 1 aromatic heterocycles. The van der Waals surface area contributed by atoms with Crippen LogP contribution in [0, 0.1) is 11.3 Å². The molecule has 1 fully saturated rings. The SMILES string of the molecule is CN1CCC(C#N)(NC(=O)c2ccc(Br)s2)CC1. The van der Waals surface area contributed by atoms with Gasteiger partial charge in [-0.1, -0.05) is 0 Å². The molecule has 96 valence electrons. The Morgan fingerprint density at radius 1 is 1.56 bits per heavy atom. The molecule has 2 rings (SSSR count). The molecule has 1 aliphatic heterocycles. The Balaban J connectivity index is 2.07. The first-order chi connectivity index (χ1) is 8.54. The van der Waals surface area contributed by atoms with Crippen molar-refractivity contribution in [3.63, 3.8) is 0 Å². The van der Waals surface area contributed by atoms with Gasteiger partial charge in [0.05, 0.1) is 14.7 Å². The van der Waals surface area contributed by atoms with Crippen molar-refractivity contribution in [3.8, 4) is 6.07 Å². The van der Waals surface area contributed by atoms with Crippen LogP contribution in [0.5, 0.6) is 0 Å². The van der Waals surface area contributed by atoms with E-state index in [2.05, 4.69) is 32.2 Å². The lowest BCUT2D eigenvalue weighted by Crippen LogP contribution is -2.53. The summed E-state index contributed by atoms with van der Waals surface area (Å²) in [4.78, 5) is 14.9. The number of likely N-dealkylation sites (tertiary alicyclic amines) is 1. The van der Waals surface area contributed by atoms with Crippen LogP contribution in [-0.4, -0.2) is 36.5 Å². The maximum atomic E-state index is 12.1. The van der Waals surface area contributed by atoms with E-state index in [0.29, 0.717) is 17.7 Å². The number of halogens is 1. The fourth-order valence-corrected chi connectivity index (χ4v) is 3.26. The van der Waals surface area contributed by atoms with Crippen molar-refractivity contribution in [2.24, 2.45) is 0 Å². The number of thiophene rings is 1. The number of carbonyl (C=O) groups is 1. The van der Waals surface area contributed by atoms with Crippen LogP contribution in [-0.2, 0) is 0 Å². The van der Waals surface area contributed by atoms with Crippen LogP contribution in [0.25, 0.3) is 0 Å². The lowest BCUT2D eigenvalue weighted by atomic mass is 9.89. The largest absolute Gasteiger partial charge is 0.333 e. The van der Waals surface area contributed by atoms with Gasteiger partial charge in [0.2, 0.25) is 0 Å². The average Bonchev–Trinajstić information content (AvgIpc) is 2.79. The van der Waals surface area contributed by atoms with E-state index in [1.807, 2.05) is 13.1 Å². The molecule has 4 nitrogen and oxygen atoms in total. The zero-order valence-electron chi connectivity index (χ0n) is 10.1. The summed E-state index contributed by atoms with van der Waals surface area (Å²) in [7, 11) is 2.03. The quantitative estimate of drug-likeness (QED) is 0.906. The van der Waals surface area contributed by atoms with Gasteiger partial charge in [0.25, 0.3) is 5.91 Å². The van der Waals surface area contributed by atoms with Crippen molar-refractivity contribution in [2.45, 2.75) is 18.4 Å². The highest BCUT2D eigenvalue weighted by molar-refractivity contribution is 9.11. The maximum Gasteiger partial charge on any atom is 0.262 e. The van der Waals surface area contributed by atoms with E-state index in [1.54, 1.807) is 6.07 Å². The van der Waals surface area contributed by atoms with Gasteiger partial charge in [-0.2, -0.15) is 5.26 Å². The first-order valence-electron chi connectivity index (χ1n) is 5.72. The van der Waals surface area contributed by atoms with Crippen LogP contribution in [0.1, 0.15) is 22.5 Å². The summed E-state index contributed by atoms with van der Waals surface area (Å²) < 4.78 is 0.919. The minimum absolute atomic E-state index is 0.156. The second-order valence-corrected chi connectivity index (χ2v) is 7.02. The Hall–Kier alpha value is -0.900. The molecule has 0 unspecified atom stereocenters. The third kappa shape index (κ3) is 2.91. The van der Waals surface area contributed by atoms with Gasteiger partial charge in [-0.25, -0.2) is 0 Å². The highest BCUT2D eigenvalue weighted by Crippen LogP contribution is 2.25. The van der Waals surface area contributed by atoms with Gasteiger partial charge < -0.3 is 10.2 Å². The molecule has 0 atom stereocenters. The highest BCUT2D eigenvalue weighted by atomic mass is 79.9. The second kappa shape index (κ2) is 5.39. The Morgan fingerprint density at radius 2 is 2.22 bits per heavy atom. The molecular weight excluding hydrogens is 314 g/mol. The minimum atomic E-state index is -0.708. The third-order valence-electron chi connectivity index (χ3n) is 3.20. The Morgan fingerprint density at radius 3 is 2.72 bits per heavy atom. The van der Waals surface area contributed by atoms with Gasteiger partial charge in [-0.15, -0.1) is 11.3 Å². The van der Waals surface area contributed by atoms with Crippen LogP contribution < -0.4 is 5.32 Å². The fraction of sp³-hybridized carbons (Fsp3) is 0.500. The molecule has 6 heteroatoms. The number of piperidine rings is 1. The monoisotopic (exact) mass is 327 g/mol. The normalized spacial score (nSPS) is 19.2. The van der Waals surface area contributed by atoms with Gasteiger partial charge in [0.15, 0.2) is 0 Å². The number of nitrogens with zero attached hydrogens (tertiary/aromatic N) is 2. The molecule has 1 amide bonds. The van der Waals surface area contributed by atoms with E-state index in [4.69, 9.17) is 0 Å². The van der Waals surface area contributed by atoms with Crippen LogP contribution in [0.4, 0.5) is 0 Å². The molecule has 0 bridgehead atoms. The first-order valence-corrected chi connectivity index (χ1v) is 7.33. The Bertz CT molecular complexity index is 486. The summed E-state index contributed by atoms with van der Waals surface area (Å²) >= 11 is 4.71. The van der Waals surface area contributed by atoms with Gasteiger partial charge >= 0.3 is 0 Å². The third-order valence-corrected chi connectivity index (χ3v) is 4.83. The summed E-state index contributed by atoms with van der Waals surface area (Å²) in [6.45, 7) is 1.67. The van der Waals surface area contributed by atoms with E-state index in [9.17, 15) is 10.1 Å². The number of nitriles is 1. The van der Waals surface area contributed by atoms with Crippen molar-refractivity contribution >= 4 is 33.2 Å². The molecule has 1 N–H and O–H groups in total. The molecular formula is C12H14BrN3OS. The van der Waals surface area contributed by atoms with E-state index in [1.165, 1.54) is 11.3 Å². The number of hydrogen-bond acceptors (Lipinski definition) is 4. The lowest BCUT2D eigenvalue weighted by Gasteiger charge is -2.35. The summed E-state index contributed by atoms with van der Waals surface area (Å²) in [6, 6.07) is 5.89. The van der Waals surface area contributed by atoms with Crippen molar-refractivity contribution in [2.75, 3.05) is 20.1 Å². The molecule has 0 radical (unpaired) electrons. The summed E-state index contributed by atoms with van der Waals surface area (Å²) in [5.74, 6) is -0.156.